The van der Waals surface area contributed by atoms with Crippen molar-refractivity contribution in [1.29, 1.82) is 0 Å². The van der Waals surface area contributed by atoms with Crippen LogP contribution in [0.1, 0.15) is 41.0 Å². The van der Waals surface area contributed by atoms with Gasteiger partial charge in [0.15, 0.2) is 0 Å². The minimum atomic E-state index is -0.818. The number of esters is 3. The van der Waals surface area contributed by atoms with Crippen molar-refractivity contribution in [1.82, 2.24) is 0 Å². The van der Waals surface area contributed by atoms with E-state index in [-0.39, 0.29) is 13.0 Å². The molecule has 0 aliphatic carbocycles. The maximum atomic E-state index is 11.5. The van der Waals surface area contributed by atoms with Crippen molar-refractivity contribution < 1.29 is 28.6 Å². The summed E-state index contributed by atoms with van der Waals surface area (Å²) in [5.74, 6) is -1.56. The average molecular weight is 260 g/mol. The minimum absolute atomic E-state index is 0.149. The number of hydrogen-bond donors (Lipinski definition) is 0. The first-order valence-electron chi connectivity index (χ1n) is 5.62. The third-order valence-corrected chi connectivity index (χ3v) is 1.62. The summed E-state index contributed by atoms with van der Waals surface area (Å²) in [4.78, 5) is 33.1. The molecule has 1 unspecified atom stereocenters. The molecule has 6 nitrogen and oxygen atoms in total. The molecular weight excluding hydrogens is 240 g/mol. The predicted molar refractivity (Wildman–Crippen MR) is 62.6 cm³/mol. The smallest absolute Gasteiger partial charge is 0.310 e. The summed E-state index contributed by atoms with van der Waals surface area (Å²) in [6, 6.07) is 0. The second-order valence-electron chi connectivity index (χ2n) is 4.82. The fourth-order valence-corrected chi connectivity index (χ4v) is 1.15. The van der Waals surface area contributed by atoms with Gasteiger partial charge in [-0.25, -0.2) is 0 Å². The highest BCUT2D eigenvalue weighted by Gasteiger charge is 2.23. The lowest BCUT2D eigenvalue weighted by atomic mass is 10.2. The van der Waals surface area contributed by atoms with Crippen molar-refractivity contribution in [3.63, 3.8) is 0 Å². The average Bonchev–Trinajstić information content (AvgIpc) is 2.09. The van der Waals surface area contributed by atoms with Gasteiger partial charge in [0.25, 0.3) is 0 Å². The van der Waals surface area contributed by atoms with Gasteiger partial charge in [-0.15, -0.1) is 0 Å². The first kappa shape index (κ1) is 16.4. The van der Waals surface area contributed by atoms with Gasteiger partial charge in [-0.3, -0.25) is 14.4 Å². The molecule has 6 heteroatoms. The van der Waals surface area contributed by atoms with Gasteiger partial charge in [0, 0.05) is 13.8 Å². The molecule has 0 aromatic rings. The molecule has 104 valence electrons. The summed E-state index contributed by atoms with van der Waals surface area (Å²) in [6.45, 7) is 7.50. The van der Waals surface area contributed by atoms with Gasteiger partial charge < -0.3 is 14.2 Å². The highest BCUT2D eigenvalue weighted by molar-refractivity contribution is 5.72. The van der Waals surface area contributed by atoms with Gasteiger partial charge in [0.05, 0.1) is 6.42 Å². The first-order chi connectivity index (χ1) is 8.10. The minimum Gasteiger partial charge on any atom is -0.462 e. The Hall–Kier alpha value is -1.59. The van der Waals surface area contributed by atoms with Crippen LogP contribution in [0, 0.1) is 0 Å². The van der Waals surface area contributed by atoms with E-state index >= 15 is 0 Å². The van der Waals surface area contributed by atoms with E-state index in [2.05, 4.69) is 0 Å². The van der Waals surface area contributed by atoms with E-state index in [0.717, 1.165) is 0 Å². The highest BCUT2D eigenvalue weighted by Crippen LogP contribution is 2.11. The van der Waals surface area contributed by atoms with E-state index in [4.69, 9.17) is 14.2 Å². The molecule has 0 saturated carbocycles. The topological polar surface area (TPSA) is 78.9 Å². The van der Waals surface area contributed by atoms with Crippen molar-refractivity contribution in [2.45, 2.75) is 52.7 Å². The van der Waals surface area contributed by atoms with Crippen molar-refractivity contribution in [2.24, 2.45) is 0 Å². The van der Waals surface area contributed by atoms with E-state index < -0.39 is 29.6 Å². The summed E-state index contributed by atoms with van der Waals surface area (Å²) in [5.41, 5.74) is -0.612. The van der Waals surface area contributed by atoms with Gasteiger partial charge in [-0.2, -0.15) is 0 Å². The lowest BCUT2D eigenvalue weighted by Crippen LogP contribution is -2.31. The van der Waals surface area contributed by atoms with Crippen LogP contribution in [0.25, 0.3) is 0 Å². The van der Waals surface area contributed by atoms with Crippen molar-refractivity contribution in [2.75, 3.05) is 6.61 Å². The molecule has 1 atom stereocenters. The number of rotatable bonds is 5. The predicted octanol–water partition coefficient (Wildman–Crippen LogP) is 1.21. The Labute approximate surface area is 107 Å². The third kappa shape index (κ3) is 9.62. The van der Waals surface area contributed by atoms with Crippen LogP contribution in [0.2, 0.25) is 0 Å². The molecule has 0 rings (SSSR count). The molecule has 0 amide bonds. The second-order valence-corrected chi connectivity index (χ2v) is 4.82. The van der Waals surface area contributed by atoms with Gasteiger partial charge in [0.2, 0.25) is 0 Å². The van der Waals surface area contributed by atoms with Crippen molar-refractivity contribution >= 4 is 17.9 Å². The van der Waals surface area contributed by atoms with Crippen LogP contribution in [0.4, 0.5) is 0 Å². The Morgan fingerprint density at radius 1 is 1.06 bits per heavy atom. The molecule has 0 radical (unpaired) electrons. The summed E-state index contributed by atoms with van der Waals surface area (Å²) in [7, 11) is 0. The van der Waals surface area contributed by atoms with E-state index in [9.17, 15) is 14.4 Å². The van der Waals surface area contributed by atoms with Gasteiger partial charge in [-0.1, -0.05) is 0 Å². The Bertz CT molecular complexity index is 315. The molecular formula is C12H20O6. The normalized spacial score (nSPS) is 12.5. The summed E-state index contributed by atoms with van der Waals surface area (Å²) >= 11 is 0. The van der Waals surface area contributed by atoms with E-state index in [1.807, 2.05) is 0 Å². The van der Waals surface area contributed by atoms with E-state index in [0.29, 0.717) is 0 Å². The van der Waals surface area contributed by atoms with Crippen molar-refractivity contribution in [3.8, 4) is 0 Å². The van der Waals surface area contributed by atoms with Gasteiger partial charge in [0.1, 0.15) is 18.3 Å². The highest BCUT2D eigenvalue weighted by atomic mass is 16.6. The molecule has 0 heterocycles. The quantitative estimate of drug-likeness (QED) is 0.546. The SMILES string of the molecule is CC(=O)OCC(CC(=O)OC(C)(C)C)OC(C)=O. The number of carbonyl (C=O) groups is 3. The first-order valence-corrected chi connectivity index (χ1v) is 5.62. The Morgan fingerprint density at radius 2 is 1.61 bits per heavy atom. The zero-order chi connectivity index (χ0) is 14.3. The molecule has 0 N–H and O–H groups in total. The van der Waals surface area contributed by atoms with Crippen LogP contribution in [0.5, 0.6) is 0 Å². The van der Waals surface area contributed by atoms with Gasteiger partial charge >= 0.3 is 17.9 Å². The standard InChI is InChI=1S/C12H20O6/c1-8(13)16-7-10(17-9(2)14)6-11(15)18-12(3,4)5/h10H,6-7H2,1-5H3. The largest absolute Gasteiger partial charge is 0.462 e. The molecule has 0 fully saturated rings. The Kier molecular flexibility index (Phi) is 6.36. The maximum Gasteiger partial charge on any atom is 0.310 e. The molecule has 0 aromatic heterocycles. The summed E-state index contributed by atoms with van der Waals surface area (Å²) in [5, 5.41) is 0. The monoisotopic (exact) mass is 260 g/mol. The molecule has 18 heavy (non-hydrogen) atoms. The summed E-state index contributed by atoms with van der Waals surface area (Å²) in [6.07, 6.45) is -0.967. The molecule has 0 aliphatic rings. The third-order valence-electron chi connectivity index (χ3n) is 1.62. The maximum absolute atomic E-state index is 11.5. The number of carbonyl (C=O) groups excluding carboxylic acids is 3. The number of hydrogen-bond acceptors (Lipinski definition) is 6. The fourth-order valence-electron chi connectivity index (χ4n) is 1.15. The summed E-state index contributed by atoms with van der Waals surface area (Å²) < 4.78 is 14.7. The molecule has 0 aromatic carbocycles. The van der Waals surface area contributed by atoms with Crippen LogP contribution in [-0.4, -0.2) is 36.2 Å². The van der Waals surface area contributed by atoms with Crippen LogP contribution >= 0.6 is 0 Å². The Balaban J connectivity index is 4.34. The van der Waals surface area contributed by atoms with Crippen molar-refractivity contribution in [3.05, 3.63) is 0 Å². The van der Waals surface area contributed by atoms with Crippen LogP contribution in [0.3, 0.4) is 0 Å². The molecule has 0 aliphatic heterocycles. The van der Waals surface area contributed by atoms with E-state index in [1.165, 1.54) is 13.8 Å². The van der Waals surface area contributed by atoms with Crippen LogP contribution < -0.4 is 0 Å². The van der Waals surface area contributed by atoms with Crippen LogP contribution in [0.15, 0.2) is 0 Å². The Morgan fingerprint density at radius 3 is 2.00 bits per heavy atom. The van der Waals surface area contributed by atoms with Gasteiger partial charge in [-0.05, 0) is 20.8 Å². The molecule has 0 spiro atoms. The lowest BCUT2D eigenvalue weighted by molar-refractivity contribution is -0.166. The van der Waals surface area contributed by atoms with E-state index in [1.54, 1.807) is 20.8 Å². The number of ether oxygens (including phenoxy) is 3. The molecule has 0 saturated heterocycles. The zero-order valence-electron chi connectivity index (χ0n) is 11.4. The fraction of sp³-hybridized carbons (Fsp3) is 0.750. The lowest BCUT2D eigenvalue weighted by Gasteiger charge is -2.22. The second kappa shape index (κ2) is 6.98. The van der Waals surface area contributed by atoms with Crippen LogP contribution in [-0.2, 0) is 28.6 Å². The molecule has 0 bridgehead atoms. The zero-order valence-corrected chi connectivity index (χ0v) is 11.4.